The summed E-state index contributed by atoms with van der Waals surface area (Å²) in [5.74, 6) is 0.343. The molecule has 2 saturated carbocycles. The summed E-state index contributed by atoms with van der Waals surface area (Å²) in [4.78, 5) is 0. The highest BCUT2D eigenvalue weighted by Gasteiger charge is 2.29. The van der Waals surface area contributed by atoms with Gasteiger partial charge in [-0.3, -0.25) is 0 Å². The van der Waals surface area contributed by atoms with Crippen LogP contribution in [0.1, 0.15) is 107 Å². The number of benzene rings is 2. The Morgan fingerprint density at radius 1 is 0.735 bits per heavy atom. The molecule has 2 aromatic carbocycles. The highest BCUT2D eigenvalue weighted by Crippen LogP contribution is 2.42. The molecule has 34 heavy (non-hydrogen) atoms. The fourth-order valence-electron chi connectivity index (χ4n) is 6.20. The lowest BCUT2D eigenvalue weighted by Gasteiger charge is -2.31. The number of hydrogen-bond acceptors (Lipinski definition) is 1. The molecule has 2 aromatic rings. The third-order valence-electron chi connectivity index (χ3n) is 8.43. The molecule has 0 aliphatic heterocycles. The van der Waals surface area contributed by atoms with Crippen LogP contribution in [0.4, 0.5) is 13.2 Å². The molecule has 2 aliphatic rings. The lowest BCUT2D eigenvalue weighted by atomic mass is 9.75. The van der Waals surface area contributed by atoms with Crippen LogP contribution in [0.15, 0.2) is 30.3 Å². The first-order chi connectivity index (χ1) is 16.5. The van der Waals surface area contributed by atoms with Crippen LogP contribution in [0.3, 0.4) is 0 Å². The average molecular weight is 473 g/mol. The Balaban J connectivity index is 1.31. The molecule has 1 nitrogen and oxygen atoms in total. The summed E-state index contributed by atoms with van der Waals surface area (Å²) in [6, 6.07) is 8.96. The first kappa shape index (κ1) is 25.1. The van der Waals surface area contributed by atoms with Crippen LogP contribution in [-0.2, 0) is 6.42 Å². The molecule has 4 heteroatoms. The predicted molar refractivity (Wildman–Crippen MR) is 132 cm³/mol. The molecule has 0 N–H and O–H groups in total. The van der Waals surface area contributed by atoms with Gasteiger partial charge in [0.05, 0.1) is 6.61 Å². The molecule has 0 aromatic heterocycles. The van der Waals surface area contributed by atoms with E-state index < -0.39 is 11.6 Å². The number of halogens is 3. The minimum Gasteiger partial charge on any atom is -0.491 e. The molecule has 0 amide bonds. The third kappa shape index (κ3) is 5.80. The van der Waals surface area contributed by atoms with Crippen molar-refractivity contribution in [2.24, 2.45) is 11.8 Å². The fourth-order valence-corrected chi connectivity index (χ4v) is 6.20. The quantitative estimate of drug-likeness (QED) is 0.372. The van der Waals surface area contributed by atoms with Crippen molar-refractivity contribution >= 4 is 0 Å². The minimum atomic E-state index is -0.608. The summed E-state index contributed by atoms with van der Waals surface area (Å²) in [5.41, 5.74) is 2.14. The van der Waals surface area contributed by atoms with Crippen LogP contribution in [0.5, 0.6) is 5.75 Å². The van der Waals surface area contributed by atoms with Crippen molar-refractivity contribution in [2.45, 2.75) is 96.3 Å². The number of hydrogen-bond donors (Lipinski definition) is 0. The van der Waals surface area contributed by atoms with E-state index in [1.165, 1.54) is 6.42 Å². The van der Waals surface area contributed by atoms with E-state index in [-0.39, 0.29) is 17.7 Å². The predicted octanol–water partition coefficient (Wildman–Crippen LogP) is 9.09. The highest BCUT2D eigenvalue weighted by atomic mass is 19.2. The molecular weight excluding hydrogens is 433 g/mol. The Kier molecular flexibility index (Phi) is 8.60. The van der Waals surface area contributed by atoms with Gasteiger partial charge in [-0.05, 0) is 124 Å². The minimum absolute atomic E-state index is 0.0959. The van der Waals surface area contributed by atoms with Gasteiger partial charge in [0.25, 0.3) is 0 Å². The molecule has 0 bridgehead atoms. The zero-order valence-corrected chi connectivity index (χ0v) is 20.7. The van der Waals surface area contributed by atoms with Crippen molar-refractivity contribution < 1.29 is 17.9 Å². The summed E-state index contributed by atoms with van der Waals surface area (Å²) in [6.07, 6.45) is 11.0. The van der Waals surface area contributed by atoms with Crippen LogP contribution in [0, 0.1) is 29.3 Å². The maximum Gasteiger partial charge on any atom is 0.165 e. The van der Waals surface area contributed by atoms with E-state index in [9.17, 15) is 4.39 Å². The maximum atomic E-state index is 15.1. The van der Waals surface area contributed by atoms with Gasteiger partial charge in [0, 0.05) is 0 Å². The Labute approximate surface area is 203 Å². The summed E-state index contributed by atoms with van der Waals surface area (Å²) >= 11 is 0. The van der Waals surface area contributed by atoms with Crippen molar-refractivity contribution in [1.82, 2.24) is 0 Å². The smallest absolute Gasteiger partial charge is 0.165 e. The van der Waals surface area contributed by atoms with Crippen LogP contribution in [-0.4, -0.2) is 6.61 Å². The van der Waals surface area contributed by atoms with E-state index in [0.29, 0.717) is 29.4 Å². The van der Waals surface area contributed by atoms with E-state index in [1.54, 1.807) is 12.1 Å². The monoisotopic (exact) mass is 472 g/mol. The summed E-state index contributed by atoms with van der Waals surface area (Å²) in [6.45, 7) is 4.51. The van der Waals surface area contributed by atoms with Crippen LogP contribution in [0.2, 0.25) is 0 Å². The Morgan fingerprint density at radius 3 is 1.79 bits per heavy atom. The van der Waals surface area contributed by atoms with Gasteiger partial charge in [0.1, 0.15) is 0 Å². The zero-order valence-electron chi connectivity index (χ0n) is 20.7. The largest absolute Gasteiger partial charge is 0.491 e. The third-order valence-corrected chi connectivity index (χ3v) is 8.43. The van der Waals surface area contributed by atoms with Gasteiger partial charge in [0.15, 0.2) is 23.2 Å². The molecule has 2 fully saturated rings. The van der Waals surface area contributed by atoms with Crippen LogP contribution >= 0.6 is 0 Å². The topological polar surface area (TPSA) is 9.23 Å². The molecular formula is C30H39F3O. The lowest BCUT2D eigenvalue weighted by molar-refractivity contribution is 0.301. The molecule has 0 atom stereocenters. The van der Waals surface area contributed by atoms with E-state index >= 15 is 8.78 Å². The summed E-state index contributed by atoms with van der Waals surface area (Å²) < 4.78 is 49.6. The van der Waals surface area contributed by atoms with Crippen LogP contribution in [0.25, 0.3) is 0 Å². The Bertz CT molecular complexity index is 940. The number of rotatable bonds is 8. The van der Waals surface area contributed by atoms with Gasteiger partial charge in [-0.1, -0.05) is 31.5 Å². The van der Waals surface area contributed by atoms with Crippen molar-refractivity contribution in [1.29, 1.82) is 0 Å². The van der Waals surface area contributed by atoms with Crippen molar-refractivity contribution in [3.8, 4) is 5.75 Å². The Hall–Kier alpha value is -1.97. The van der Waals surface area contributed by atoms with Gasteiger partial charge in [0.2, 0.25) is 0 Å². The van der Waals surface area contributed by atoms with E-state index in [1.807, 2.05) is 25.1 Å². The molecule has 0 saturated heterocycles. The van der Waals surface area contributed by atoms with Gasteiger partial charge < -0.3 is 4.74 Å². The molecule has 0 unspecified atom stereocenters. The Morgan fingerprint density at radius 2 is 1.29 bits per heavy atom. The average Bonchev–Trinajstić information content (AvgIpc) is 2.86. The number of aryl methyl sites for hydroxylation is 1. The fraction of sp³-hybridized carbons (Fsp3) is 0.600. The molecule has 0 radical (unpaired) electrons. The van der Waals surface area contributed by atoms with Gasteiger partial charge in [-0.25, -0.2) is 13.2 Å². The molecule has 0 heterocycles. The zero-order chi connectivity index (χ0) is 24.1. The van der Waals surface area contributed by atoms with E-state index in [0.717, 1.165) is 75.7 Å². The van der Waals surface area contributed by atoms with Gasteiger partial charge in [-0.15, -0.1) is 0 Å². The van der Waals surface area contributed by atoms with Gasteiger partial charge >= 0.3 is 0 Å². The molecule has 4 rings (SSSR count). The van der Waals surface area contributed by atoms with Crippen molar-refractivity contribution in [2.75, 3.05) is 6.61 Å². The summed E-state index contributed by atoms with van der Waals surface area (Å²) in [7, 11) is 0. The first-order valence-electron chi connectivity index (χ1n) is 13.4. The second-order valence-electron chi connectivity index (χ2n) is 10.5. The molecule has 2 aliphatic carbocycles. The maximum absolute atomic E-state index is 15.1. The first-order valence-corrected chi connectivity index (χ1v) is 13.4. The normalized spacial score (nSPS) is 25.3. The lowest BCUT2D eigenvalue weighted by Crippen LogP contribution is -2.17. The molecule has 186 valence electrons. The second-order valence-corrected chi connectivity index (χ2v) is 10.5. The molecule has 0 spiro atoms. The van der Waals surface area contributed by atoms with E-state index in [4.69, 9.17) is 4.74 Å². The van der Waals surface area contributed by atoms with Gasteiger partial charge in [-0.2, -0.15) is 0 Å². The van der Waals surface area contributed by atoms with Crippen LogP contribution < -0.4 is 4.74 Å². The van der Waals surface area contributed by atoms with Crippen molar-refractivity contribution in [3.63, 3.8) is 0 Å². The highest BCUT2D eigenvalue weighted by molar-refractivity contribution is 5.32. The number of ether oxygens (including phenoxy) is 1. The summed E-state index contributed by atoms with van der Waals surface area (Å²) in [5, 5.41) is 0. The van der Waals surface area contributed by atoms with E-state index in [2.05, 4.69) is 6.92 Å². The van der Waals surface area contributed by atoms with Crippen molar-refractivity contribution in [3.05, 3.63) is 64.5 Å². The SMILES string of the molecule is CCOc1ccc(CCC2CCC(c3ccc(C4CCC(CC)CC4)c(F)c3F)CC2)cc1F. The standard InChI is InChI=1S/C30H39F3O/c1-3-20-7-12-23(13-8-20)25-16-17-26(30(33)29(25)32)24-14-9-21(10-15-24)5-6-22-11-18-28(34-4-2)27(31)19-22/h11,16-21,23-24H,3-10,12-15H2,1-2H3. The second kappa shape index (κ2) is 11.6.